The van der Waals surface area contributed by atoms with E-state index >= 15 is 0 Å². The Morgan fingerprint density at radius 2 is 1.88 bits per heavy atom. The molecule has 24 heavy (non-hydrogen) atoms. The van der Waals surface area contributed by atoms with E-state index in [0.29, 0.717) is 18.7 Å². The van der Waals surface area contributed by atoms with Gasteiger partial charge in [0.15, 0.2) is 0 Å². The van der Waals surface area contributed by atoms with Crippen molar-refractivity contribution in [2.75, 3.05) is 19.7 Å². The monoisotopic (exact) mass is 323 g/mol. The second-order valence-electron chi connectivity index (χ2n) is 5.67. The Morgan fingerprint density at radius 1 is 1.12 bits per heavy atom. The molecule has 0 saturated heterocycles. The summed E-state index contributed by atoms with van der Waals surface area (Å²) in [6.07, 6.45) is 2.65. The standard InChI is InChI=1S/C19H21N3O2/c1-2-11-21(12-13-23)19(24)15-7-9-16(10-8-15)22-14-20-17-5-3-4-6-18(17)22/h3-10,14,23H,2,11-13H2,1H3. The average molecular weight is 323 g/mol. The number of hydrogen-bond donors (Lipinski definition) is 1. The first-order chi connectivity index (χ1) is 11.7. The molecule has 0 unspecified atom stereocenters. The van der Waals surface area contributed by atoms with Gasteiger partial charge in [0.05, 0.1) is 17.6 Å². The van der Waals surface area contributed by atoms with Crippen molar-refractivity contribution in [3.05, 3.63) is 60.4 Å². The predicted octanol–water partition coefficient (Wildman–Crippen LogP) is 2.87. The largest absolute Gasteiger partial charge is 0.395 e. The highest BCUT2D eigenvalue weighted by molar-refractivity contribution is 5.94. The number of aliphatic hydroxyl groups excluding tert-OH is 1. The fourth-order valence-electron chi connectivity index (χ4n) is 2.82. The Bertz CT molecular complexity index is 818. The number of rotatable bonds is 6. The number of hydrogen-bond acceptors (Lipinski definition) is 3. The lowest BCUT2D eigenvalue weighted by molar-refractivity contribution is 0.0722. The van der Waals surface area contributed by atoms with E-state index in [2.05, 4.69) is 4.98 Å². The summed E-state index contributed by atoms with van der Waals surface area (Å²) >= 11 is 0. The molecule has 1 amide bonds. The van der Waals surface area contributed by atoms with E-state index in [0.717, 1.165) is 23.1 Å². The summed E-state index contributed by atoms with van der Waals surface area (Å²) in [5.41, 5.74) is 3.56. The fraction of sp³-hybridized carbons (Fsp3) is 0.263. The molecular formula is C19H21N3O2. The number of carbonyl (C=O) groups is 1. The summed E-state index contributed by atoms with van der Waals surface area (Å²) in [6.45, 7) is 3.00. The van der Waals surface area contributed by atoms with Crippen LogP contribution < -0.4 is 0 Å². The molecule has 5 nitrogen and oxygen atoms in total. The van der Waals surface area contributed by atoms with Crippen molar-refractivity contribution in [2.24, 2.45) is 0 Å². The van der Waals surface area contributed by atoms with Crippen LogP contribution in [0.3, 0.4) is 0 Å². The second-order valence-corrected chi connectivity index (χ2v) is 5.67. The van der Waals surface area contributed by atoms with Crippen LogP contribution in [0, 0.1) is 0 Å². The van der Waals surface area contributed by atoms with Gasteiger partial charge in [-0.25, -0.2) is 4.98 Å². The Kier molecular flexibility index (Phi) is 4.91. The molecule has 1 N–H and O–H groups in total. The highest BCUT2D eigenvalue weighted by Crippen LogP contribution is 2.18. The van der Waals surface area contributed by atoms with E-state index in [9.17, 15) is 4.79 Å². The van der Waals surface area contributed by atoms with Crippen LogP contribution in [0.15, 0.2) is 54.9 Å². The number of benzene rings is 2. The zero-order valence-electron chi connectivity index (χ0n) is 13.7. The minimum absolute atomic E-state index is 0.0230. The van der Waals surface area contributed by atoms with Crippen molar-refractivity contribution in [1.82, 2.24) is 14.5 Å². The number of aliphatic hydroxyl groups is 1. The average Bonchev–Trinajstić information content (AvgIpc) is 3.05. The highest BCUT2D eigenvalue weighted by atomic mass is 16.3. The van der Waals surface area contributed by atoms with Gasteiger partial charge in [-0.2, -0.15) is 0 Å². The van der Waals surface area contributed by atoms with Crippen LogP contribution in [-0.4, -0.2) is 45.2 Å². The molecule has 5 heteroatoms. The number of aromatic nitrogens is 2. The molecule has 2 aromatic carbocycles. The third-order valence-electron chi connectivity index (χ3n) is 4.00. The number of fused-ring (bicyclic) bond motifs is 1. The van der Waals surface area contributed by atoms with Gasteiger partial charge in [0.1, 0.15) is 6.33 Å². The van der Waals surface area contributed by atoms with E-state index in [4.69, 9.17) is 5.11 Å². The van der Waals surface area contributed by atoms with Gasteiger partial charge < -0.3 is 10.0 Å². The van der Waals surface area contributed by atoms with Crippen molar-refractivity contribution in [3.63, 3.8) is 0 Å². The van der Waals surface area contributed by atoms with Gasteiger partial charge in [-0.05, 0) is 42.8 Å². The number of carbonyl (C=O) groups excluding carboxylic acids is 1. The van der Waals surface area contributed by atoms with Crippen molar-refractivity contribution >= 4 is 16.9 Å². The molecule has 3 aromatic rings. The Balaban J connectivity index is 1.86. The van der Waals surface area contributed by atoms with E-state index in [-0.39, 0.29) is 12.5 Å². The van der Waals surface area contributed by atoms with Crippen molar-refractivity contribution in [2.45, 2.75) is 13.3 Å². The van der Waals surface area contributed by atoms with Crippen molar-refractivity contribution < 1.29 is 9.90 Å². The summed E-state index contributed by atoms with van der Waals surface area (Å²) < 4.78 is 2.00. The van der Waals surface area contributed by atoms with Crippen molar-refractivity contribution in [3.8, 4) is 5.69 Å². The third kappa shape index (κ3) is 3.16. The molecule has 124 valence electrons. The maximum atomic E-state index is 12.5. The van der Waals surface area contributed by atoms with Crippen LogP contribution in [0.2, 0.25) is 0 Å². The molecule has 1 heterocycles. The molecule has 0 aliphatic rings. The quantitative estimate of drug-likeness (QED) is 0.759. The van der Waals surface area contributed by atoms with Gasteiger partial charge in [-0.1, -0.05) is 19.1 Å². The maximum absolute atomic E-state index is 12.5. The van der Waals surface area contributed by atoms with Gasteiger partial charge in [0, 0.05) is 24.3 Å². The molecule has 0 fully saturated rings. The SMILES string of the molecule is CCCN(CCO)C(=O)c1ccc(-n2cnc3ccccc32)cc1. The summed E-state index contributed by atoms with van der Waals surface area (Å²) in [5.74, 6) is -0.0482. The minimum Gasteiger partial charge on any atom is -0.395 e. The van der Waals surface area contributed by atoms with E-state index < -0.39 is 0 Å². The molecular weight excluding hydrogens is 302 g/mol. The normalized spacial score (nSPS) is 10.9. The second kappa shape index (κ2) is 7.27. The van der Waals surface area contributed by atoms with Crippen molar-refractivity contribution in [1.29, 1.82) is 0 Å². The Hall–Kier alpha value is -2.66. The molecule has 3 rings (SSSR count). The summed E-state index contributed by atoms with van der Waals surface area (Å²) in [5, 5.41) is 9.12. The maximum Gasteiger partial charge on any atom is 0.253 e. The van der Waals surface area contributed by atoms with E-state index in [1.165, 1.54) is 0 Å². The molecule has 0 bridgehead atoms. The van der Waals surface area contributed by atoms with E-state index in [1.54, 1.807) is 11.2 Å². The summed E-state index contributed by atoms with van der Waals surface area (Å²) in [6, 6.07) is 15.4. The van der Waals surface area contributed by atoms with Gasteiger partial charge in [0.2, 0.25) is 0 Å². The summed E-state index contributed by atoms with van der Waals surface area (Å²) in [4.78, 5) is 18.6. The first-order valence-electron chi connectivity index (χ1n) is 8.17. The third-order valence-corrected chi connectivity index (χ3v) is 4.00. The van der Waals surface area contributed by atoms with Crippen LogP contribution in [0.25, 0.3) is 16.7 Å². The predicted molar refractivity (Wildman–Crippen MR) is 94.4 cm³/mol. The molecule has 0 atom stereocenters. The van der Waals surface area contributed by atoms with Crippen LogP contribution in [-0.2, 0) is 0 Å². The molecule has 0 aliphatic carbocycles. The fourth-order valence-corrected chi connectivity index (χ4v) is 2.82. The van der Waals surface area contributed by atoms with Gasteiger partial charge in [-0.3, -0.25) is 9.36 Å². The molecule has 1 aromatic heterocycles. The molecule has 0 aliphatic heterocycles. The van der Waals surface area contributed by atoms with Crippen LogP contribution in [0.5, 0.6) is 0 Å². The smallest absolute Gasteiger partial charge is 0.253 e. The minimum atomic E-state index is -0.0482. The number of para-hydroxylation sites is 2. The van der Waals surface area contributed by atoms with Crippen LogP contribution in [0.1, 0.15) is 23.7 Å². The topological polar surface area (TPSA) is 58.4 Å². The van der Waals surface area contributed by atoms with Gasteiger partial charge in [0.25, 0.3) is 5.91 Å². The Morgan fingerprint density at radius 3 is 2.58 bits per heavy atom. The lowest BCUT2D eigenvalue weighted by Gasteiger charge is -2.21. The van der Waals surface area contributed by atoms with Crippen LogP contribution in [0.4, 0.5) is 0 Å². The summed E-state index contributed by atoms with van der Waals surface area (Å²) in [7, 11) is 0. The molecule has 0 radical (unpaired) electrons. The van der Waals surface area contributed by atoms with Gasteiger partial charge >= 0.3 is 0 Å². The zero-order chi connectivity index (χ0) is 16.9. The number of imidazole rings is 1. The number of amides is 1. The first-order valence-corrected chi connectivity index (χ1v) is 8.17. The molecule has 0 saturated carbocycles. The lowest BCUT2D eigenvalue weighted by Crippen LogP contribution is -2.34. The first kappa shape index (κ1) is 16.2. The highest BCUT2D eigenvalue weighted by Gasteiger charge is 2.14. The number of nitrogens with zero attached hydrogens (tertiary/aromatic N) is 3. The zero-order valence-corrected chi connectivity index (χ0v) is 13.7. The molecule has 0 spiro atoms. The van der Waals surface area contributed by atoms with Crippen LogP contribution >= 0.6 is 0 Å². The van der Waals surface area contributed by atoms with Gasteiger partial charge in [-0.15, -0.1) is 0 Å². The van der Waals surface area contributed by atoms with E-state index in [1.807, 2.05) is 60.0 Å². The Labute approximate surface area is 141 Å². The lowest BCUT2D eigenvalue weighted by atomic mass is 10.1.